The fourth-order valence-electron chi connectivity index (χ4n) is 1.90. The zero-order valence-corrected chi connectivity index (χ0v) is 14.5. The van der Waals surface area contributed by atoms with E-state index in [4.69, 9.17) is 4.74 Å². The number of carbonyl (C=O) groups is 2. The van der Waals surface area contributed by atoms with Crippen molar-refractivity contribution in [2.24, 2.45) is 0 Å². The number of aromatic hydroxyl groups is 1. The van der Waals surface area contributed by atoms with Crippen molar-refractivity contribution >= 4 is 51.6 Å². The molecule has 1 aromatic carbocycles. The lowest BCUT2D eigenvalue weighted by Crippen LogP contribution is -2.28. The number of benzene rings is 1. The molecular weight excluding hydrogens is 405 g/mol. The van der Waals surface area contributed by atoms with Crippen molar-refractivity contribution in [3.05, 3.63) is 26.2 Å². The van der Waals surface area contributed by atoms with Crippen LogP contribution in [0.1, 0.15) is 18.9 Å². The molecule has 5 nitrogen and oxygen atoms in total. The molecule has 2 rings (SSSR count). The van der Waals surface area contributed by atoms with E-state index in [-0.39, 0.29) is 16.9 Å². The number of imide groups is 1. The molecule has 0 bridgehead atoms. The quantitative estimate of drug-likeness (QED) is 0.598. The summed E-state index contributed by atoms with van der Waals surface area (Å²) in [5.74, 6) is 0.129. The number of ether oxygens (including phenoxy) is 1. The number of phenolic OH excluding ortho intramolecular Hbond substituents is 1. The fraction of sp³-hybridized carbons (Fsp3) is 0.286. The van der Waals surface area contributed by atoms with Gasteiger partial charge in [-0.3, -0.25) is 14.5 Å². The number of amides is 2. The van der Waals surface area contributed by atoms with Crippen molar-refractivity contribution in [1.29, 1.82) is 0 Å². The molecule has 1 N–H and O–H groups in total. The number of nitrogens with zero attached hydrogens (tertiary/aromatic N) is 1. The summed E-state index contributed by atoms with van der Waals surface area (Å²) in [5.41, 5.74) is 0.705. The van der Waals surface area contributed by atoms with Gasteiger partial charge in [0.1, 0.15) is 0 Å². The van der Waals surface area contributed by atoms with E-state index in [9.17, 15) is 14.7 Å². The van der Waals surface area contributed by atoms with Crippen LogP contribution in [0.25, 0.3) is 6.08 Å². The maximum atomic E-state index is 12.2. The molecule has 7 heteroatoms. The molecule has 1 aliphatic rings. The van der Waals surface area contributed by atoms with E-state index >= 15 is 0 Å². The van der Waals surface area contributed by atoms with Crippen LogP contribution in [0.15, 0.2) is 17.0 Å². The highest BCUT2D eigenvalue weighted by Crippen LogP contribution is 2.36. The Bertz CT molecular complexity index is 630. The summed E-state index contributed by atoms with van der Waals surface area (Å²) in [4.78, 5) is 25.6. The van der Waals surface area contributed by atoms with Crippen LogP contribution in [0.3, 0.4) is 0 Å². The van der Waals surface area contributed by atoms with Crippen LogP contribution < -0.4 is 4.74 Å². The summed E-state index contributed by atoms with van der Waals surface area (Å²) in [6.45, 7) is 2.35. The van der Waals surface area contributed by atoms with Crippen LogP contribution in [-0.2, 0) is 4.79 Å². The van der Waals surface area contributed by atoms with Crippen LogP contribution in [-0.4, -0.2) is 34.8 Å². The molecule has 2 amide bonds. The van der Waals surface area contributed by atoms with Gasteiger partial charge >= 0.3 is 0 Å². The molecular formula is C14H14INO4S. The van der Waals surface area contributed by atoms with E-state index in [2.05, 4.69) is 0 Å². The number of halogens is 1. The molecule has 0 spiro atoms. The molecule has 1 aliphatic heterocycles. The molecule has 1 heterocycles. The second-order valence-corrected chi connectivity index (χ2v) is 6.54. The first-order chi connectivity index (χ1) is 9.97. The highest BCUT2D eigenvalue weighted by molar-refractivity contribution is 14.1. The minimum atomic E-state index is -0.270. The van der Waals surface area contributed by atoms with Crippen LogP contribution >= 0.6 is 34.4 Å². The Hall–Kier alpha value is -1.22. The van der Waals surface area contributed by atoms with Gasteiger partial charge in [-0.25, -0.2) is 0 Å². The summed E-state index contributed by atoms with van der Waals surface area (Å²) >= 11 is 2.92. The van der Waals surface area contributed by atoms with Crippen LogP contribution in [0.4, 0.5) is 4.79 Å². The normalized spacial score (nSPS) is 16.9. The van der Waals surface area contributed by atoms with Gasteiger partial charge in [0.2, 0.25) is 0 Å². The minimum absolute atomic E-state index is 0.0642. The number of hydrogen-bond acceptors (Lipinski definition) is 5. The lowest BCUT2D eigenvalue weighted by molar-refractivity contribution is -0.122. The van der Waals surface area contributed by atoms with Gasteiger partial charge in [-0.1, -0.05) is 6.92 Å². The molecule has 0 radical (unpaired) electrons. The zero-order chi connectivity index (χ0) is 15.6. The van der Waals surface area contributed by atoms with Gasteiger partial charge in [0.25, 0.3) is 11.1 Å². The molecule has 112 valence electrons. The maximum absolute atomic E-state index is 12.2. The van der Waals surface area contributed by atoms with Gasteiger partial charge < -0.3 is 9.84 Å². The van der Waals surface area contributed by atoms with E-state index in [1.165, 1.54) is 12.0 Å². The largest absolute Gasteiger partial charge is 0.504 e. The van der Waals surface area contributed by atoms with Crippen molar-refractivity contribution < 1.29 is 19.4 Å². The van der Waals surface area contributed by atoms with Gasteiger partial charge in [0, 0.05) is 6.54 Å². The Kier molecular flexibility index (Phi) is 5.15. The van der Waals surface area contributed by atoms with E-state index in [0.717, 1.165) is 18.2 Å². The molecule has 0 saturated carbocycles. The maximum Gasteiger partial charge on any atom is 0.293 e. The third-order valence-electron chi connectivity index (χ3n) is 2.89. The molecule has 0 aromatic heterocycles. The smallest absolute Gasteiger partial charge is 0.293 e. The first kappa shape index (κ1) is 16.2. The summed E-state index contributed by atoms with van der Waals surface area (Å²) in [6.07, 6.45) is 2.38. The van der Waals surface area contributed by atoms with Gasteiger partial charge in [-0.05, 0) is 64.5 Å². The van der Waals surface area contributed by atoms with Gasteiger partial charge in [-0.2, -0.15) is 0 Å². The third kappa shape index (κ3) is 3.34. The summed E-state index contributed by atoms with van der Waals surface area (Å²) in [6, 6.07) is 3.36. The summed E-state index contributed by atoms with van der Waals surface area (Å²) in [5, 5.41) is 9.56. The third-order valence-corrected chi connectivity index (χ3v) is 4.62. The Labute approximate surface area is 140 Å². The SMILES string of the molecule is CCCN1C(=O)S/C(=C\c2cc(I)c(O)c(OC)c2)C1=O. The number of rotatable bonds is 4. The number of thioether (sulfide) groups is 1. The standard InChI is InChI=1S/C14H14INO4S/c1-3-4-16-13(18)11(21-14(16)19)7-8-5-9(15)12(17)10(6-8)20-2/h5-7,17H,3-4H2,1-2H3/b11-7-. The average molecular weight is 419 g/mol. The van der Waals surface area contributed by atoms with Crippen molar-refractivity contribution in [1.82, 2.24) is 4.90 Å². The molecule has 0 atom stereocenters. The van der Waals surface area contributed by atoms with Gasteiger partial charge in [-0.15, -0.1) is 0 Å². The Morgan fingerprint density at radius 1 is 1.43 bits per heavy atom. The lowest BCUT2D eigenvalue weighted by atomic mass is 10.2. The molecule has 1 aromatic rings. The topological polar surface area (TPSA) is 66.8 Å². The van der Waals surface area contributed by atoms with Crippen LogP contribution in [0.5, 0.6) is 11.5 Å². The van der Waals surface area contributed by atoms with Gasteiger partial charge in [0.05, 0.1) is 15.6 Å². The molecule has 0 unspecified atom stereocenters. The monoisotopic (exact) mass is 419 g/mol. The molecule has 21 heavy (non-hydrogen) atoms. The Morgan fingerprint density at radius 2 is 2.14 bits per heavy atom. The number of carbonyl (C=O) groups excluding carboxylic acids is 2. The van der Waals surface area contributed by atoms with E-state index in [1.54, 1.807) is 18.2 Å². The van der Waals surface area contributed by atoms with Crippen molar-refractivity contribution in [3.8, 4) is 11.5 Å². The fourth-order valence-corrected chi connectivity index (χ4v) is 3.39. The van der Waals surface area contributed by atoms with E-state index < -0.39 is 0 Å². The average Bonchev–Trinajstić information content (AvgIpc) is 2.70. The highest BCUT2D eigenvalue weighted by atomic mass is 127. The highest BCUT2D eigenvalue weighted by Gasteiger charge is 2.34. The Balaban J connectivity index is 2.35. The Morgan fingerprint density at radius 3 is 2.76 bits per heavy atom. The van der Waals surface area contributed by atoms with Gasteiger partial charge in [0.15, 0.2) is 11.5 Å². The second kappa shape index (κ2) is 6.69. The first-order valence-corrected chi connectivity index (χ1v) is 8.19. The molecule has 0 aliphatic carbocycles. The predicted octanol–water partition coefficient (Wildman–Crippen LogP) is 3.45. The number of phenols is 1. The molecule has 1 saturated heterocycles. The van der Waals surface area contributed by atoms with Crippen LogP contribution in [0, 0.1) is 3.57 Å². The molecule has 1 fully saturated rings. The van der Waals surface area contributed by atoms with Crippen molar-refractivity contribution in [2.45, 2.75) is 13.3 Å². The predicted molar refractivity (Wildman–Crippen MR) is 90.3 cm³/mol. The number of methoxy groups -OCH3 is 1. The lowest BCUT2D eigenvalue weighted by Gasteiger charge is -2.09. The number of hydrogen-bond donors (Lipinski definition) is 1. The van der Waals surface area contributed by atoms with Crippen molar-refractivity contribution in [2.75, 3.05) is 13.7 Å². The van der Waals surface area contributed by atoms with E-state index in [0.29, 0.717) is 26.3 Å². The summed E-state index contributed by atoms with van der Waals surface area (Å²) in [7, 11) is 1.46. The summed E-state index contributed by atoms with van der Waals surface area (Å²) < 4.78 is 5.70. The zero-order valence-electron chi connectivity index (χ0n) is 11.6. The van der Waals surface area contributed by atoms with Crippen molar-refractivity contribution in [3.63, 3.8) is 0 Å². The second-order valence-electron chi connectivity index (χ2n) is 4.39. The van der Waals surface area contributed by atoms with E-state index in [1.807, 2.05) is 29.5 Å². The minimum Gasteiger partial charge on any atom is -0.504 e. The van der Waals surface area contributed by atoms with Crippen LogP contribution in [0.2, 0.25) is 0 Å². The first-order valence-electron chi connectivity index (χ1n) is 6.29.